The molecule has 0 unspecified atom stereocenters. The maximum absolute atomic E-state index is 6.52. The highest BCUT2D eigenvalue weighted by Crippen LogP contribution is 2.31. The van der Waals surface area contributed by atoms with Crippen molar-refractivity contribution in [1.82, 2.24) is 9.80 Å². The Morgan fingerprint density at radius 1 is 0.706 bits per heavy atom. The van der Waals surface area contributed by atoms with Crippen LogP contribution in [0.4, 0.5) is 0 Å². The van der Waals surface area contributed by atoms with Gasteiger partial charge >= 0.3 is 0 Å². The number of ether oxygens (including phenoxy) is 1. The van der Waals surface area contributed by atoms with Gasteiger partial charge < -0.3 is 4.74 Å². The summed E-state index contributed by atoms with van der Waals surface area (Å²) in [6, 6.07) is 33.7. The summed E-state index contributed by atoms with van der Waals surface area (Å²) in [7, 11) is 0. The van der Waals surface area contributed by atoms with Crippen LogP contribution in [-0.2, 0) is 11.2 Å². The highest BCUT2D eigenvalue weighted by molar-refractivity contribution is 5.29. The molecule has 3 aromatic rings. The third kappa shape index (κ3) is 5.96. The zero-order valence-corrected chi connectivity index (χ0v) is 20.3. The number of aryl methyl sites for hydroxylation is 1. The monoisotopic (exact) mass is 454 g/mol. The average Bonchev–Trinajstić information content (AvgIpc) is 3.18. The van der Waals surface area contributed by atoms with E-state index in [0.29, 0.717) is 6.04 Å². The molecule has 2 heterocycles. The molecule has 0 saturated carbocycles. The molecule has 178 valence electrons. The number of fused-ring (bicyclic) bond motifs is 2. The molecule has 0 aromatic heterocycles. The van der Waals surface area contributed by atoms with Crippen LogP contribution in [0.25, 0.3) is 0 Å². The molecule has 5 rings (SSSR count). The van der Waals surface area contributed by atoms with Gasteiger partial charge in [0, 0.05) is 25.2 Å². The van der Waals surface area contributed by atoms with Crippen LogP contribution in [0.1, 0.15) is 48.5 Å². The van der Waals surface area contributed by atoms with Crippen molar-refractivity contribution < 1.29 is 4.74 Å². The van der Waals surface area contributed by atoms with Crippen LogP contribution in [0.2, 0.25) is 0 Å². The number of rotatable bonds is 10. The molecule has 0 radical (unpaired) electrons. The van der Waals surface area contributed by atoms with Crippen LogP contribution >= 0.6 is 0 Å². The lowest BCUT2D eigenvalue weighted by Crippen LogP contribution is -2.40. The zero-order chi connectivity index (χ0) is 23.0. The molecular formula is C31H38N2O. The van der Waals surface area contributed by atoms with Gasteiger partial charge in [-0.15, -0.1) is 0 Å². The molecule has 0 spiro atoms. The Bertz CT molecular complexity index is 939. The SMILES string of the molecule is c1ccc(CCCN2[C@@H]3CC[C@@H]2CN(CCOC(c2ccccc2)c2ccccc2)CC3)cc1. The van der Waals surface area contributed by atoms with Gasteiger partial charge in [0.15, 0.2) is 0 Å². The molecule has 3 nitrogen and oxygen atoms in total. The molecule has 2 atom stereocenters. The molecule has 2 saturated heterocycles. The van der Waals surface area contributed by atoms with E-state index in [1.165, 1.54) is 68.4 Å². The van der Waals surface area contributed by atoms with E-state index in [2.05, 4.69) is 101 Å². The van der Waals surface area contributed by atoms with E-state index in [1.54, 1.807) is 0 Å². The largest absolute Gasteiger partial charge is 0.367 e. The second-order valence-electron chi connectivity index (χ2n) is 9.87. The van der Waals surface area contributed by atoms with E-state index in [1.807, 2.05) is 0 Å². The van der Waals surface area contributed by atoms with Crippen LogP contribution in [0.15, 0.2) is 91.0 Å². The predicted octanol–water partition coefficient (Wildman–Crippen LogP) is 5.96. The van der Waals surface area contributed by atoms with E-state index in [4.69, 9.17) is 4.74 Å². The van der Waals surface area contributed by atoms with Crippen LogP contribution in [0.5, 0.6) is 0 Å². The number of hydrogen-bond acceptors (Lipinski definition) is 3. The minimum Gasteiger partial charge on any atom is -0.367 e. The maximum atomic E-state index is 6.52. The summed E-state index contributed by atoms with van der Waals surface area (Å²) < 4.78 is 6.52. The first kappa shape index (κ1) is 23.3. The van der Waals surface area contributed by atoms with Gasteiger partial charge in [-0.25, -0.2) is 0 Å². The van der Waals surface area contributed by atoms with E-state index in [-0.39, 0.29) is 6.10 Å². The number of hydrogen-bond donors (Lipinski definition) is 0. The summed E-state index contributed by atoms with van der Waals surface area (Å²) in [6.45, 7) is 5.39. The first-order valence-corrected chi connectivity index (χ1v) is 13.1. The molecule has 2 aliphatic rings. The number of likely N-dealkylation sites (tertiary alicyclic amines) is 1. The second-order valence-corrected chi connectivity index (χ2v) is 9.87. The highest BCUT2D eigenvalue weighted by atomic mass is 16.5. The Hall–Kier alpha value is -2.46. The van der Waals surface area contributed by atoms with E-state index in [0.717, 1.165) is 19.2 Å². The standard InChI is InChI=1S/C31H38N2O/c1-4-11-26(12-5-1)13-10-21-33-29-18-19-30(33)25-32(22-20-29)23-24-34-31(27-14-6-2-7-15-27)28-16-8-3-9-17-28/h1-9,11-12,14-17,29-31H,10,13,18-25H2/t29-,30-/m1/s1. The average molecular weight is 455 g/mol. The van der Waals surface area contributed by atoms with Gasteiger partial charge in [0.05, 0.1) is 6.61 Å². The quantitative estimate of drug-likeness (QED) is 0.376. The van der Waals surface area contributed by atoms with Crippen molar-refractivity contribution in [2.45, 2.75) is 50.3 Å². The summed E-state index contributed by atoms with van der Waals surface area (Å²) in [5, 5.41) is 0. The molecule has 0 amide bonds. The molecule has 34 heavy (non-hydrogen) atoms. The lowest BCUT2D eigenvalue weighted by Gasteiger charge is -2.29. The molecular weight excluding hydrogens is 416 g/mol. The first-order chi connectivity index (χ1) is 16.9. The van der Waals surface area contributed by atoms with Gasteiger partial charge in [-0.05, 0) is 61.9 Å². The lowest BCUT2D eigenvalue weighted by atomic mass is 10.0. The Kier molecular flexibility index (Phi) is 8.08. The smallest absolute Gasteiger partial charge is 0.108 e. The Balaban J connectivity index is 1.14. The third-order valence-electron chi connectivity index (χ3n) is 7.64. The summed E-state index contributed by atoms with van der Waals surface area (Å²) in [6.07, 6.45) is 6.47. The van der Waals surface area contributed by atoms with Crippen LogP contribution in [0, 0.1) is 0 Å². The maximum Gasteiger partial charge on any atom is 0.108 e. The highest BCUT2D eigenvalue weighted by Gasteiger charge is 2.36. The van der Waals surface area contributed by atoms with Gasteiger partial charge in [-0.2, -0.15) is 0 Å². The van der Waals surface area contributed by atoms with Crippen molar-refractivity contribution in [2.24, 2.45) is 0 Å². The molecule has 0 N–H and O–H groups in total. The molecule has 2 aliphatic heterocycles. The fourth-order valence-corrected chi connectivity index (χ4v) is 5.86. The zero-order valence-electron chi connectivity index (χ0n) is 20.3. The minimum absolute atomic E-state index is 0.000291. The first-order valence-electron chi connectivity index (χ1n) is 13.1. The van der Waals surface area contributed by atoms with Crippen molar-refractivity contribution in [3.8, 4) is 0 Å². The molecule has 2 bridgehead atoms. The Labute approximate surface area is 205 Å². The van der Waals surface area contributed by atoms with Crippen molar-refractivity contribution in [1.29, 1.82) is 0 Å². The fourth-order valence-electron chi connectivity index (χ4n) is 5.86. The second kappa shape index (κ2) is 11.8. The Morgan fingerprint density at radius 3 is 2.00 bits per heavy atom. The molecule has 2 fully saturated rings. The molecule has 0 aliphatic carbocycles. The molecule has 3 aromatic carbocycles. The Morgan fingerprint density at radius 2 is 1.32 bits per heavy atom. The van der Waals surface area contributed by atoms with Gasteiger partial charge in [0.2, 0.25) is 0 Å². The third-order valence-corrected chi connectivity index (χ3v) is 7.64. The van der Waals surface area contributed by atoms with Gasteiger partial charge in [-0.1, -0.05) is 91.0 Å². The minimum atomic E-state index is 0.000291. The van der Waals surface area contributed by atoms with Gasteiger partial charge in [0.25, 0.3) is 0 Å². The fraction of sp³-hybridized carbons (Fsp3) is 0.419. The van der Waals surface area contributed by atoms with Crippen molar-refractivity contribution >= 4 is 0 Å². The van der Waals surface area contributed by atoms with Gasteiger partial charge in [0.1, 0.15) is 6.10 Å². The topological polar surface area (TPSA) is 15.7 Å². The van der Waals surface area contributed by atoms with Gasteiger partial charge in [-0.3, -0.25) is 9.80 Å². The van der Waals surface area contributed by atoms with Crippen molar-refractivity contribution in [3.05, 3.63) is 108 Å². The predicted molar refractivity (Wildman–Crippen MR) is 140 cm³/mol. The van der Waals surface area contributed by atoms with Crippen molar-refractivity contribution in [2.75, 3.05) is 32.8 Å². The van der Waals surface area contributed by atoms with E-state index in [9.17, 15) is 0 Å². The summed E-state index contributed by atoms with van der Waals surface area (Å²) in [5.41, 5.74) is 3.93. The summed E-state index contributed by atoms with van der Waals surface area (Å²) in [5.74, 6) is 0. The summed E-state index contributed by atoms with van der Waals surface area (Å²) in [4.78, 5) is 5.49. The van der Waals surface area contributed by atoms with Crippen LogP contribution in [0.3, 0.4) is 0 Å². The number of benzene rings is 3. The van der Waals surface area contributed by atoms with Crippen LogP contribution in [-0.4, -0.2) is 54.7 Å². The lowest BCUT2D eigenvalue weighted by molar-refractivity contribution is 0.0575. The van der Waals surface area contributed by atoms with E-state index < -0.39 is 0 Å². The van der Waals surface area contributed by atoms with E-state index >= 15 is 0 Å². The van der Waals surface area contributed by atoms with Crippen LogP contribution < -0.4 is 0 Å². The normalized spacial score (nSPS) is 21.1. The molecule has 3 heteroatoms. The summed E-state index contributed by atoms with van der Waals surface area (Å²) >= 11 is 0. The van der Waals surface area contributed by atoms with Crippen molar-refractivity contribution in [3.63, 3.8) is 0 Å². The number of nitrogens with zero attached hydrogens (tertiary/aromatic N) is 2.